The summed E-state index contributed by atoms with van der Waals surface area (Å²) < 4.78 is 13.3. The fourth-order valence-corrected chi connectivity index (χ4v) is 1.27. The molecule has 3 nitrogen and oxygen atoms in total. The van der Waals surface area contributed by atoms with Gasteiger partial charge in [-0.2, -0.15) is 5.26 Å². The molecule has 0 atom stereocenters. The van der Waals surface area contributed by atoms with Crippen LogP contribution < -0.4 is 5.32 Å². The Balaban J connectivity index is 2.28. The molecule has 0 saturated heterocycles. The van der Waals surface area contributed by atoms with Crippen LogP contribution in [0.3, 0.4) is 0 Å². The summed E-state index contributed by atoms with van der Waals surface area (Å²) in [6, 6.07) is 13.2. The number of nitriles is 1. The monoisotopic (exact) mass is 213 g/mol. The summed E-state index contributed by atoms with van der Waals surface area (Å²) in [4.78, 5) is 3.99. The van der Waals surface area contributed by atoms with E-state index in [9.17, 15) is 4.39 Å². The Morgan fingerprint density at radius 2 is 1.94 bits per heavy atom. The highest BCUT2D eigenvalue weighted by Crippen LogP contribution is 2.17. The molecule has 0 saturated carbocycles. The third kappa shape index (κ3) is 2.15. The van der Waals surface area contributed by atoms with Crippen molar-refractivity contribution in [3.63, 3.8) is 0 Å². The highest BCUT2D eigenvalue weighted by Gasteiger charge is 2.02. The SMILES string of the molecule is N#Cc1cccc(Nc2ccccc2F)n1. The average Bonchev–Trinajstić information content (AvgIpc) is 2.32. The average molecular weight is 213 g/mol. The molecular weight excluding hydrogens is 205 g/mol. The van der Waals surface area contributed by atoms with Crippen LogP contribution in [0.25, 0.3) is 0 Å². The molecule has 78 valence electrons. The minimum atomic E-state index is -0.355. The minimum Gasteiger partial charge on any atom is -0.338 e. The van der Waals surface area contributed by atoms with Gasteiger partial charge in [0.2, 0.25) is 0 Å². The fraction of sp³-hybridized carbons (Fsp3) is 0. The molecule has 16 heavy (non-hydrogen) atoms. The number of benzene rings is 1. The van der Waals surface area contributed by atoms with E-state index >= 15 is 0 Å². The van der Waals surface area contributed by atoms with Gasteiger partial charge in [-0.05, 0) is 24.3 Å². The van der Waals surface area contributed by atoms with Crippen molar-refractivity contribution < 1.29 is 4.39 Å². The molecule has 0 aliphatic heterocycles. The standard InChI is InChI=1S/C12H8FN3/c13-10-5-1-2-6-11(10)16-12-7-3-4-9(8-14)15-12/h1-7H,(H,15,16). The molecule has 0 aliphatic rings. The lowest BCUT2D eigenvalue weighted by molar-refractivity contribution is 0.632. The van der Waals surface area contributed by atoms with Gasteiger partial charge in [0.15, 0.2) is 0 Å². The molecule has 1 N–H and O–H groups in total. The first kappa shape index (κ1) is 10.1. The van der Waals surface area contributed by atoms with Crippen molar-refractivity contribution in [2.75, 3.05) is 5.32 Å². The third-order valence-corrected chi connectivity index (χ3v) is 2.00. The Bertz CT molecular complexity index is 546. The molecule has 2 rings (SSSR count). The van der Waals surface area contributed by atoms with Crippen molar-refractivity contribution in [2.24, 2.45) is 0 Å². The maximum Gasteiger partial charge on any atom is 0.146 e. The molecule has 4 heteroatoms. The lowest BCUT2D eigenvalue weighted by Gasteiger charge is -2.05. The molecule has 1 aromatic heterocycles. The summed E-state index contributed by atoms with van der Waals surface area (Å²) in [5, 5.41) is 11.5. The van der Waals surface area contributed by atoms with Crippen LogP contribution in [0, 0.1) is 17.1 Å². The molecule has 0 amide bonds. The highest BCUT2D eigenvalue weighted by molar-refractivity contribution is 5.57. The van der Waals surface area contributed by atoms with Crippen LogP contribution in [0.15, 0.2) is 42.5 Å². The normalized spacial score (nSPS) is 9.50. The molecule has 0 unspecified atom stereocenters. The summed E-state index contributed by atoms with van der Waals surface area (Å²) in [6.07, 6.45) is 0. The van der Waals surface area contributed by atoms with Crippen LogP contribution in [0.4, 0.5) is 15.9 Å². The largest absolute Gasteiger partial charge is 0.338 e. The van der Waals surface area contributed by atoms with Crippen LogP contribution in [-0.2, 0) is 0 Å². The Morgan fingerprint density at radius 1 is 1.12 bits per heavy atom. The van der Waals surface area contributed by atoms with Gasteiger partial charge in [0.05, 0.1) is 5.69 Å². The number of pyridine rings is 1. The molecular formula is C12H8FN3. The predicted molar refractivity (Wildman–Crippen MR) is 58.6 cm³/mol. The lowest BCUT2D eigenvalue weighted by atomic mass is 10.3. The maximum atomic E-state index is 13.3. The van der Waals surface area contributed by atoms with E-state index < -0.39 is 0 Å². The van der Waals surface area contributed by atoms with Crippen LogP contribution in [-0.4, -0.2) is 4.98 Å². The number of halogens is 1. The zero-order chi connectivity index (χ0) is 11.4. The Morgan fingerprint density at radius 3 is 2.69 bits per heavy atom. The Labute approximate surface area is 92.2 Å². The van der Waals surface area contributed by atoms with Crippen LogP contribution in [0.2, 0.25) is 0 Å². The maximum absolute atomic E-state index is 13.3. The van der Waals surface area contributed by atoms with E-state index in [2.05, 4.69) is 10.3 Å². The molecule has 2 aromatic rings. The second-order valence-corrected chi connectivity index (χ2v) is 3.12. The third-order valence-electron chi connectivity index (χ3n) is 2.00. The summed E-state index contributed by atoms with van der Waals surface area (Å²) >= 11 is 0. The minimum absolute atomic E-state index is 0.293. The van der Waals surface area contributed by atoms with E-state index in [0.29, 0.717) is 17.2 Å². The zero-order valence-electron chi connectivity index (χ0n) is 8.31. The number of aromatic nitrogens is 1. The van der Waals surface area contributed by atoms with Gasteiger partial charge in [-0.15, -0.1) is 0 Å². The number of nitrogens with zero attached hydrogens (tertiary/aromatic N) is 2. The second kappa shape index (κ2) is 4.41. The predicted octanol–water partition coefficient (Wildman–Crippen LogP) is 2.84. The van der Waals surface area contributed by atoms with E-state index in [4.69, 9.17) is 5.26 Å². The quantitative estimate of drug-likeness (QED) is 0.834. The van der Waals surface area contributed by atoms with Crippen molar-refractivity contribution in [3.05, 3.63) is 54.0 Å². The second-order valence-electron chi connectivity index (χ2n) is 3.12. The zero-order valence-corrected chi connectivity index (χ0v) is 8.31. The molecule has 0 fully saturated rings. The van der Waals surface area contributed by atoms with E-state index in [1.54, 1.807) is 36.4 Å². The van der Waals surface area contributed by atoms with Crippen molar-refractivity contribution in [3.8, 4) is 6.07 Å². The Kier molecular flexibility index (Phi) is 2.79. The van der Waals surface area contributed by atoms with E-state index in [1.165, 1.54) is 6.07 Å². The summed E-state index contributed by atoms with van der Waals surface area (Å²) in [5.41, 5.74) is 0.631. The van der Waals surface area contributed by atoms with Crippen LogP contribution in [0.1, 0.15) is 5.69 Å². The van der Waals surface area contributed by atoms with E-state index in [1.807, 2.05) is 6.07 Å². The molecule has 0 spiro atoms. The van der Waals surface area contributed by atoms with E-state index in [-0.39, 0.29) is 5.82 Å². The number of rotatable bonds is 2. The molecule has 1 heterocycles. The number of anilines is 2. The van der Waals surface area contributed by atoms with Gasteiger partial charge >= 0.3 is 0 Å². The van der Waals surface area contributed by atoms with Crippen LogP contribution >= 0.6 is 0 Å². The van der Waals surface area contributed by atoms with Crippen molar-refractivity contribution in [1.82, 2.24) is 4.98 Å². The number of para-hydroxylation sites is 1. The molecule has 0 aliphatic carbocycles. The summed E-state index contributed by atoms with van der Waals surface area (Å²) in [7, 11) is 0. The highest BCUT2D eigenvalue weighted by atomic mass is 19.1. The molecule has 1 aromatic carbocycles. The van der Waals surface area contributed by atoms with Gasteiger partial charge in [-0.1, -0.05) is 18.2 Å². The van der Waals surface area contributed by atoms with Crippen LogP contribution in [0.5, 0.6) is 0 Å². The van der Waals surface area contributed by atoms with Gasteiger partial charge < -0.3 is 5.32 Å². The van der Waals surface area contributed by atoms with Crippen molar-refractivity contribution in [1.29, 1.82) is 5.26 Å². The molecule has 0 bridgehead atoms. The lowest BCUT2D eigenvalue weighted by Crippen LogP contribution is -1.96. The topological polar surface area (TPSA) is 48.7 Å². The first-order valence-electron chi connectivity index (χ1n) is 4.68. The first-order chi connectivity index (χ1) is 7.79. The number of nitrogens with one attached hydrogen (secondary N) is 1. The van der Waals surface area contributed by atoms with Gasteiger partial charge in [0.1, 0.15) is 23.4 Å². The van der Waals surface area contributed by atoms with Crippen molar-refractivity contribution >= 4 is 11.5 Å². The smallest absolute Gasteiger partial charge is 0.146 e. The summed E-state index contributed by atoms with van der Waals surface area (Å²) in [6.45, 7) is 0. The Hall–Kier alpha value is -2.41. The van der Waals surface area contributed by atoms with Gasteiger partial charge in [0, 0.05) is 0 Å². The number of hydrogen-bond acceptors (Lipinski definition) is 3. The van der Waals surface area contributed by atoms with Gasteiger partial charge in [0.25, 0.3) is 0 Å². The van der Waals surface area contributed by atoms with Gasteiger partial charge in [-0.25, -0.2) is 9.37 Å². The fourth-order valence-electron chi connectivity index (χ4n) is 1.27. The van der Waals surface area contributed by atoms with Crippen molar-refractivity contribution in [2.45, 2.75) is 0 Å². The molecule has 0 radical (unpaired) electrons. The first-order valence-corrected chi connectivity index (χ1v) is 4.68. The van der Waals surface area contributed by atoms with E-state index in [0.717, 1.165) is 0 Å². The number of hydrogen-bond donors (Lipinski definition) is 1. The summed E-state index contributed by atoms with van der Waals surface area (Å²) in [5.74, 6) is 0.0933. The van der Waals surface area contributed by atoms with Gasteiger partial charge in [-0.3, -0.25) is 0 Å².